The number of halogens is 4. The third-order valence-electron chi connectivity index (χ3n) is 6.25. The molecule has 0 radical (unpaired) electrons. The number of benzene rings is 3. The van der Waals surface area contributed by atoms with E-state index < -0.39 is 34.7 Å². The van der Waals surface area contributed by atoms with Crippen LogP contribution >= 0.6 is 0 Å². The molecular formula is C27H21F4N3O3. The third-order valence-corrected chi connectivity index (χ3v) is 6.25. The average molecular weight is 511 g/mol. The van der Waals surface area contributed by atoms with E-state index in [0.29, 0.717) is 22.1 Å². The lowest BCUT2D eigenvalue weighted by Crippen LogP contribution is -2.43. The lowest BCUT2D eigenvalue weighted by Gasteiger charge is -2.31. The maximum absolute atomic E-state index is 14.7. The summed E-state index contributed by atoms with van der Waals surface area (Å²) >= 11 is 0. The van der Waals surface area contributed by atoms with Crippen LogP contribution in [0.3, 0.4) is 0 Å². The molecule has 0 fully saturated rings. The summed E-state index contributed by atoms with van der Waals surface area (Å²) in [7, 11) is 0. The number of aromatic nitrogens is 3. The van der Waals surface area contributed by atoms with Gasteiger partial charge in [-0.2, -0.15) is 18.3 Å². The molecule has 5 aromatic rings. The second-order valence-corrected chi connectivity index (χ2v) is 8.51. The number of esters is 1. The molecule has 0 saturated heterocycles. The first kappa shape index (κ1) is 24.5. The van der Waals surface area contributed by atoms with Gasteiger partial charge < -0.3 is 14.4 Å². The summed E-state index contributed by atoms with van der Waals surface area (Å²) in [4.78, 5) is 12.1. The zero-order chi connectivity index (χ0) is 26.4. The fourth-order valence-corrected chi connectivity index (χ4v) is 4.53. The van der Waals surface area contributed by atoms with Crippen LogP contribution in [0.1, 0.15) is 18.1 Å². The quantitative estimate of drug-likeness (QED) is 0.242. The monoisotopic (exact) mass is 511 g/mol. The maximum Gasteiger partial charge on any atom is 0.425 e. The van der Waals surface area contributed by atoms with E-state index in [0.717, 1.165) is 6.20 Å². The molecule has 0 saturated carbocycles. The molecule has 1 atom stereocenters. The summed E-state index contributed by atoms with van der Waals surface area (Å²) in [6.07, 6.45) is -2.59. The Bertz CT molecular complexity index is 1610. The second kappa shape index (κ2) is 9.04. The lowest BCUT2D eigenvalue weighted by molar-refractivity contribution is -0.247. The van der Waals surface area contributed by atoms with Gasteiger partial charge in [0.2, 0.25) is 5.60 Å². The van der Waals surface area contributed by atoms with Gasteiger partial charge in [0.25, 0.3) is 0 Å². The highest BCUT2D eigenvalue weighted by Gasteiger charge is 2.57. The molecule has 0 aliphatic rings. The summed E-state index contributed by atoms with van der Waals surface area (Å²) in [5.41, 5.74) is -2.87. The zero-order valence-corrected chi connectivity index (χ0v) is 19.5. The fraction of sp³-hybridized carbons (Fsp3) is 0.185. The summed E-state index contributed by atoms with van der Waals surface area (Å²) in [6, 6.07) is 15.6. The predicted molar refractivity (Wildman–Crippen MR) is 129 cm³/mol. The Hall–Kier alpha value is -4.18. The van der Waals surface area contributed by atoms with Crippen LogP contribution in [-0.2, 0) is 21.7 Å². The van der Waals surface area contributed by atoms with Crippen molar-refractivity contribution < 1.29 is 32.2 Å². The second-order valence-electron chi connectivity index (χ2n) is 8.51. The lowest BCUT2D eigenvalue weighted by atomic mass is 9.85. The van der Waals surface area contributed by atoms with E-state index >= 15 is 0 Å². The molecule has 0 bridgehead atoms. The van der Waals surface area contributed by atoms with Crippen molar-refractivity contribution in [2.24, 2.45) is 0 Å². The van der Waals surface area contributed by atoms with Gasteiger partial charge in [0.1, 0.15) is 12.4 Å². The van der Waals surface area contributed by atoms with Gasteiger partial charge in [-0.1, -0.05) is 24.3 Å². The highest BCUT2D eigenvalue weighted by molar-refractivity contribution is 5.88. The number of carbonyl (C=O) groups is 1. The molecule has 1 N–H and O–H groups in total. The smallest absolute Gasteiger partial charge is 0.425 e. The number of hydrogen-bond acceptors (Lipinski definition) is 4. The van der Waals surface area contributed by atoms with Crippen molar-refractivity contribution in [3.05, 3.63) is 96.1 Å². The Balaban J connectivity index is 1.67. The van der Waals surface area contributed by atoms with Gasteiger partial charge in [-0.25, -0.2) is 9.07 Å². The Morgan fingerprint density at radius 3 is 2.46 bits per heavy atom. The van der Waals surface area contributed by atoms with Gasteiger partial charge in [0.15, 0.2) is 0 Å². The highest BCUT2D eigenvalue weighted by atomic mass is 19.4. The third kappa shape index (κ3) is 4.13. The van der Waals surface area contributed by atoms with Gasteiger partial charge in [0, 0.05) is 28.0 Å². The molecule has 10 heteroatoms. The van der Waals surface area contributed by atoms with Crippen LogP contribution in [-0.4, -0.2) is 38.2 Å². The van der Waals surface area contributed by atoms with E-state index in [4.69, 9.17) is 4.74 Å². The molecule has 5 rings (SSSR count). The normalized spacial score (nSPS) is 13.7. The van der Waals surface area contributed by atoms with Crippen LogP contribution < -0.4 is 0 Å². The average Bonchev–Trinajstić information content (AvgIpc) is 3.45. The zero-order valence-electron chi connectivity index (χ0n) is 19.5. The first-order valence-corrected chi connectivity index (χ1v) is 11.4. The Morgan fingerprint density at radius 1 is 1.03 bits per heavy atom. The van der Waals surface area contributed by atoms with Gasteiger partial charge in [-0.15, -0.1) is 0 Å². The first-order chi connectivity index (χ1) is 17.6. The number of carbonyl (C=O) groups excluding carboxylic acids is 1. The van der Waals surface area contributed by atoms with E-state index in [1.54, 1.807) is 25.1 Å². The number of rotatable bonds is 6. The number of nitrogens with zero attached hydrogens (tertiary/aromatic N) is 3. The minimum Gasteiger partial charge on any atom is -0.465 e. The largest absolute Gasteiger partial charge is 0.465 e. The number of para-hydroxylation sites is 1. The molecule has 0 spiro atoms. The van der Waals surface area contributed by atoms with Gasteiger partial charge in [-0.3, -0.25) is 4.79 Å². The molecule has 6 nitrogen and oxygen atoms in total. The van der Waals surface area contributed by atoms with Crippen molar-refractivity contribution in [3.8, 4) is 5.69 Å². The molecule has 0 aliphatic heterocycles. The minimum atomic E-state index is -5.10. The fourth-order valence-electron chi connectivity index (χ4n) is 4.53. The molecule has 37 heavy (non-hydrogen) atoms. The van der Waals surface area contributed by atoms with E-state index in [1.807, 2.05) is 0 Å². The summed E-state index contributed by atoms with van der Waals surface area (Å²) in [5.74, 6) is -1.04. The van der Waals surface area contributed by atoms with Crippen LogP contribution in [0.15, 0.2) is 79.1 Å². The predicted octanol–water partition coefficient (Wildman–Crippen LogP) is 5.48. The van der Waals surface area contributed by atoms with E-state index in [9.17, 15) is 27.5 Å². The van der Waals surface area contributed by atoms with Crippen LogP contribution in [0.25, 0.3) is 27.5 Å². The van der Waals surface area contributed by atoms with Crippen LogP contribution in [0.2, 0.25) is 0 Å². The first-order valence-electron chi connectivity index (χ1n) is 11.4. The Labute approximate surface area is 208 Å². The van der Waals surface area contributed by atoms with Crippen molar-refractivity contribution in [2.75, 3.05) is 6.61 Å². The Morgan fingerprint density at radius 2 is 1.76 bits per heavy atom. The maximum atomic E-state index is 14.7. The van der Waals surface area contributed by atoms with Crippen molar-refractivity contribution in [1.82, 2.24) is 14.3 Å². The number of aliphatic hydroxyl groups is 1. The number of hydrogen-bond donors (Lipinski definition) is 1. The molecular weight excluding hydrogens is 490 g/mol. The van der Waals surface area contributed by atoms with Crippen molar-refractivity contribution in [1.29, 1.82) is 0 Å². The molecule has 1 unspecified atom stereocenters. The number of ether oxygens (including phenoxy) is 1. The standard InChI is InChI=1S/C27H21F4N3O3/c1-2-37-25(35)16-33-15-22(21-5-3-4-6-24(21)33)26(36,27(29,30)31)18-7-12-23-17(13-18)14-32-34(23)20-10-8-19(28)9-11-20/h3-15,36H,2,16H2,1H3. The Kier molecular flexibility index (Phi) is 5.99. The summed E-state index contributed by atoms with van der Waals surface area (Å²) in [6.45, 7) is 1.45. The topological polar surface area (TPSA) is 69.3 Å². The highest BCUT2D eigenvalue weighted by Crippen LogP contribution is 2.47. The summed E-state index contributed by atoms with van der Waals surface area (Å²) in [5, 5.41) is 16.2. The van der Waals surface area contributed by atoms with E-state index in [1.165, 1.54) is 64.0 Å². The molecule has 0 aliphatic carbocycles. The van der Waals surface area contributed by atoms with Gasteiger partial charge >= 0.3 is 12.1 Å². The van der Waals surface area contributed by atoms with Crippen molar-refractivity contribution in [2.45, 2.75) is 25.2 Å². The van der Waals surface area contributed by atoms with Crippen LogP contribution in [0, 0.1) is 5.82 Å². The van der Waals surface area contributed by atoms with E-state index in [2.05, 4.69) is 5.10 Å². The summed E-state index contributed by atoms with van der Waals surface area (Å²) < 4.78 is 65.2. The van der Waals surface area contributed by atoms with Crippen LogP contribution in [0.5, 0.6) is 0 Å². The van der Waals surface area contributed by atoms with Gasteiger partial charge in [-0.05, 0) is 55.0 Å². The molecule has 2 heterocycles. The van der Waals surface area contributed by atoms with E-state index in [-0.39, 0.29) is 18.5 Å². The van der Waals surface area contributed by atoms with Gasteiger partial charge in [0.05, 0.1) is 24.0 Å². The van der Waals surface area contributed by atoms with Crippen LogP contribution in [0.4, 0.5) is 17.6 Å². The number of fused-ring (bicyclic) bond motifs is 2. The van der Waals surface area contributed by atoms with Crippen molar-refractivity contribution in [3.63, 3.8) is 0 Å². The molecule has 2 aromatic heterocycles. The van der Waals surface area contributed by atoms with Crippen molar-refractivity contribution >= 4 is 27.8 Å². The minimum absolute atomic E-state index is 0.128. The molecule has 0 amide bonds. The molecule has 190 valence electrons. The molecule has 3 aromatic carbocycles. The SMILES string of the molecule is CCOC(=O)Cn1cc(C(O)(c2ccc3c(cnn3-c3ccc(F)cc3)c2)C(F)(F)F)c2ccccc21. The number of alkyl halides is 3.